The van der Waals surface area contributed by atoms with Crippen LogP contribution in [0.1, 0.15) is 6.42 Å². The van der Waals surface area contributed by atoms with Crippen LogP contribution in [0.5, 0.6) is 0 Å². The maximum absolute atomic E-state index is 5.01. The van der Waals surface area contributed by atoms with Gasteiger partial charge in [0.2, 0.25) is 6.41 Å². The van der Waals surface area contributed by atoms with Gasteiger partial charge in [-0.3, -0.25) is 4.90 Å². The van der Waals surface area contributed by atoms with E-state index >= 15 is 0 Å². The first-order valence-electron chi connectivity index (χ1n) is 3.18. The maximum Gasteiger partial charge on any atom is 0.218 e. The van der Waals surface area contributed by atoms with E-state index in [0.29, 0.717) is 0 Å². The summed E-state index contributed by atoms with van der Waals surface area (Å²) in [5.41, 5.74) is 0. The Morgan fingerprint density at radius 2 is 1.78 bits per heavy atom. The molecule has 0 bridgehead atoms. The summed E-state index contributed by atoms with van der Waals surface area (Å²) < 4.78 is 10.0. The van der Waals surface area contributed by atoms with Gasteiger partial charge in [-0.25, -0.2) is 0 Å². The summed E-state index contributed by atoms with van der Waals surface area (Å²) in [6.45, 7) is 2.21. The lowest BCUT2D eigenvalue weighted by Gasteiger charge is -2.35. The van der Waals surface area contributed by atoms with Crippen molar-refractivity contribution in [2.24, 2.45) is 0 Å². The highest BCUT2D eigenvalue weighted by Crippen LogP contribution is 2.11. The monoisotopic (exact) mass is 131 g/mol. The summed E-state index contributed by atoms with van der Waals surface area (Å²) >= 11 is 0. The highest BCUT2D eigenvalue weighted by molar-refractivity contribution is 4.66. The Kier molecular flexibility index (Phi) is 2.45. The predicted octanol–water partition coefficient (Wildman–Crippen LogP) is 0.268. The van der Waals surface area contributed by atoms with Gasteiger partial charge in [-0.05, 0) is 6.42 Å². The number of methoxy groups -OCH3 is 2. The van der Waals surface area contributed by atoms with Gasteiger partial charge in [0.1, 0.15) is 0 Å². The fourth-order valence-corrected chi connectivity index (χ4v) is 0.946. The molecule has 0 saturated carbocycles. The molecular formula is C6H13NO2. The molecule has 3 nitrogen and oxygen atoms in total. The maximum atomic E-state index is 5.01. The van der Waals surface area contributed by atoms with E-state index in [1.54, 1.807) is 14.2 Å². The second kappa shape index (κ2) is 3.15. The molecular weight excluding hydrogens is 118 g/mol. The minimum atomic E-state index is -0.112. The van der Waals surface area contributed by atoms with Crippen molar-refractivity contribution < 1.29 is 9.47 Å². The molecule has 9 heavy (non-hydrogen) atoms. The van der Waals surface area contributed by atoms with Gasteiger partial charge in [-0.2, -0.15) is 0 Å². The average Bonchev–Trinajstić information content (AvgIpc) is 1.78. The van der Waals surface area contributed by atoms with E-state index < -0.39 is 0 Å². The normalized spacial score (nSPS) is 20.3. The van der Waals surface area contributed by atoms with Crippen LogP contribution in [-0.2, 0) is 9.47 Å². The van der Waals surface area contributed by atoms with Crippen LogP contribution in [0.25, 0.3) is 0 Å². The summed E-state index contributed by atoms with van der Waals surface area (Å²) in [4.78, 5) is 2.14. The van der Waals surface area contributed by atoms with Crippen molar-refractivity contribution in [2.75, 3.05) is 27.3 Å². The van der Waals surface area contributed by atoms with Crippen LogP contribution in [0.15, 0.2) is 0 Å². The van der Waals surface area contributed by atoms with E-state index in [1.165, 1.54) is 6.42 Å². The molecule has 0 aromatic heterocycles. The first-order valence-corrected chi connectivity index (χ1v) is 3.18. The standard InChI is InChI=1S/C6H13NO2/c1-8-6(9-2)7-4-3-5-7/h6H,3-5H2,1-2H3. The fraction of sp³-hybridized carbons (Fsp3) is 1.00. The Morgan fingerprint density at radius 3 is 1.89 bits per heavy atom. The van der Waals surface area contributed by atoms with Gasteiger partial charge < -0.3 is 9.47 Å². The van der Waals surface area contributed by atoms with Crippen molar-refractivity contribution in [1.82, 2.24) is 4.90 Å². The summed E-state index contributed by atoms with van der Waals surface area (Å²) in [6.07, 6.45) is 1.15. The molecule has 0 atom stereocenters. The smallest absolute Gasteiger partial charge is 0.218 e. The van der Waals surface area contributed by atoms with Gasteiger partial charge in [0.25, 0.3) is 0 Å². The van der Waals surface area contributed by atoms with Gasteiger partial charge in [-0.15, -0.1) is 0 Å². The van der Waals surface area contributed by atoms with Gasteiger partial charge in [0.15, 0.2) is 0 Å². The lowest BCUT2D eigenvalue weighted by molar-refractivity contribution is -0.213. The third-order valence-electron chi connectivity index (χ3n) is 1.59. The van der Waals surface area contributed by atoms with Crippen LogP contribution in [0.3, 0.4) is 0 Å². The molecule has 1 fully saturated rings. The van der Waals surface area contributed by atoms with Gasteiger partial charge in [-0.1, -0.05) is 0 Å². The van der Waals surface area contributed by atoms with Crippen LogP contribution < -0.4 is 0 Å². The minimum absolute atomic E-state index is 0.112. The van der Waals surface area contributed by atoms with E-state index in [2.05, 4.69) is 4.90 Å². The summed E-state index contributed by atoms with van der Waals surface area (Å²) in [5, 5.41) is 0. The van der Waals surface area contributed by atoms with Crippen molar-refractivity contribution in [3.63, 3.8) is 0 Å². The zero-order valence-corrected chi connectivity index (χ0v) is 5.96. The molecule has 0 aromatic rings. The van der Waals surface area contributed by atoms with E-state index in [0.717, 1.165) is 13.1 Å². The Bertz CT molecular complexity index is 79.1. The number of ether oxygens (including phenoxy) is 2. The van der Waals surface area contributed by atoms with Crippen LogP contribution in [0, 0.1) is 0 Å². The minimum Gasteiger partial charge on any atom is -0.343 e. The molecule has 0 amide bonds. The lowest BCUT2D eigenvalue weighted by atomic mass is 10.2. The first kappa shape index (κ1) is 6.99. The van der Waals surface area contributed by atoms with Crippen molar-refractivity contribution in [3.05, 3.63) is 0 Å². The molecule has 3 heteroatoms. The quantitative estimate of drug-likeness (QED) is 0.513. The molecule has 1 rings (SSSR count). The lowest BCUT2D eigenvalue weighted by Crippen LogP contribution is -2.46. The third kappa shape index (κ3) is 1.41. The van der Waals surface area contributed by atoms with Crippen molar-refractivity contribution in [1.29, 1.82) is 0 Å². The SMILES string of the molecule is COC(OC)N1CCC1. The number of rotatable bonds is 3. The molecule has 0 aromatic carbocycles. The molecule has 0 spiro atoms. The van der Waals surface area contributed by atoms with E-state index in [-0.39, 0.29) is 6.41 Å². The van der Waals surface area contributed by atoms with Crippen molar-refractivity contribution in [3.8, 4) is 0 Å². The van der Waals surface area contributed by atoms with Crippen LogP contribution in [0.2, 0.25) is 0 Å². The van der Waals surface area contributed by atoms with E-state index in [4.69, 9.17) is 9.47 Å². The topological polar surface area (TPSA) is 21.7 Å². The molecule has 1 aliphatic rings. The molecule has 1 heterocycles. The van der Waals surface area contributed by atoms with E-state index in [1.807, 2.05) is 0 Å². The van der Waals surface area contributed by atoms with Crippen LogP contribution in [-0.4, -0.2) is 38.6 Å². The number of hydrogen-bond acceptors (Lipinski definition) is 3. The zero-order valence-electron chi connectivity index (χ0n) is 5.96. The zero-order chi connectivity index (χ0) is 6.69. The van der Waals surface area contributed by atoms with E-state index in [9.17, 15) is 0 Å². The molecule has 1 saturated heterocycles. The highest BCUT2D eigenvalue weighted by Gasteiger charge is 2.22. The molecule has 0 unspecified atom stereocenters. The fourth-order valence-electron chi connectivity index (χ4n) is 0.946. The molecule has 54 valence electrons. The summed E-state index contributed by atoms with van der Waals surface area (Å²) in [5.74, 6) is 0. The Hall–Kier alpha value is -0.120. The van der Waals surface area contributed by atoms with Crippen LogP contribution >= 0.6 is 0 Å². The van der Waals surface area contributed by atoms with Gasteiger partial charge >= 0.3 is 0 Å². The average molecular weight is 131 g/mol. The van der Waals surface area contributed by atoms with Gasteiger partial charge in [0.05, 0.1) is 0 Å². The van der Waals surface area contributed by atoms with Gasteiger partial charge in [0, 0.05) is 27.3 Å². The second-order valence-electron chi connectivity index (χ2n) is 2.17. The Labute approximate surface area is 55.5 Å². The molecule has 1 aliphatic heterocycles. The number of nitrogens with zero attached hydrogens (tertiary/aromatic N) is 1. The molecule has 0 aliphatic carbocycles. The van der Waals surface area contributed by atoms with Crippen molar-refractivity contribution in [2.45, 2.75) is 12.8 Å². The summed E-state index contributed by atoms with van der Waals surface area (Å²) in [7, 11) is 3.32. The molecule has 0 radical (unpaired) electrons. The largest absolute Gasteiger partial charge is 0.343 e. The first-order chi connectivity index (χ1) is 4.38. The predicted molar refractivity (Wildman–Crippen MR) is 34.0 cm³/mol. The highest BCUT2D eigenvalue weighted by atomic mass is 16.7. The summed E-state index contributed by atoms with van der Waals surface area (Å²) in [6, 6.07) is 0. The Morgan fingerprint density at radius 1 is 1.22 bits per heavy atom. The third-order valence-corrected chi connectivity index (χ3v) is 1.59. The Balaban J connectivity index is 2.19. The second-order valence-corrected chi connectivity index (χ2v) is 2.17. The van der Waals surface area contributed by atoms with Crippen molar-refractivity contribution >= 4 is 0 Å². The van der Waals surface area contributed by atoms with Crippen LogP contribution in [0.4, 0.5) is 0 Å². The number of likely N-dealkylation sites (tertiary alicyclic amines) is 1. The molecule has 0 N–H and O–H groups in total. The number of hydrogen-bond donors (Lipinski definition) is 0.